The number of benzene rings is 2. The Balaban J connectivity index is 1.56. The summed E-state index contributed by atoms with van der Waals surface area (Å²) in [4.78, 5) is 29.7. The Morgan fingerprint density at radius 3 is 2.28 bits per heavy atom. The van der Waals surface area contributed by atoms with E-state index in [1.807, 2.05) is 53.4 Å². The van der Waals surface area contributed by atoms with Gasteiger partial charge in [-0.3, -0.25) is 4.98 Å². The van der Waals surface area contributed by atoms with Crippen molar-refractivity contribution >= 4 is 29.3 Å². The minimum Gasteiger partial charge on any atom is -0.478 e. The molecule has 0 saturated carbocycles. The number of aromatic nitrogens is 1. The topological polar surface area (TPSA) is 116 Å². The maximum absolute atomic E-state index is 11.6. The van der Waals surface area contributed by atoms with Gasteiger partial charge in [-0.25, -0.2) is 9.59 Å². The van der Waals surface area contributed by atoms with Crippen molar-refractivity contribution in [2.24, 2.45) is 0 Å². The van der Waals surface area contributed by atoms with Gasteiger partial charge in [0.15, 0.2) is 5.11 Å². The van der Waals surface area contributed by atoms with Gasteiger partial charge in [-0.05, 0) is 60.2 Å². The number of hydrogen-bond acceptors (Lipinski definition) is 5. The maximum atomic E-state index is 11.6. The van der Waals surface area contributed by atoms with Crippen LogP contribution in [0.25, 0.3) is 11.3 Å². The molecule has 36 heavy (non-hydrogen) atoms. The number of carbonyl (C=O) groups is 2. The molecule has 0 bridgehead atoms. The van der Waals surface area contributed by atoms with E-state index in [0.717, 1.165) is 17.3 Å². The van der Waals surface area contributed by atoms with E-state index in [-0.39, 0.29) is 23.2 Å². The lowest BCUT2D eigenvalue weighted by atomic mass is 10.0. The van der Waals surface area contributed by atoms with Crippen LogP contribution in [0.2, 0.25) is 0 Å². The molecule has 3 heterocycles. The van der Waals surface area contributed by atoms with E-state index in [9.17, 15) is 19.8 Å². The lowest BCUT2D eigenvalue weighted by Gasteiger charge is -2.26. The Morgan fingerprint density at radius 1 is 0.944 bits per heavy atom. The molecule has 0 radical (unpaired) electrons. The number of nitrogens with zero attached hydrogens (tertiary/aromatic N) is 2. The first-order chi connectivity index (χ1) is 17.4. The van der Waals surface area contributed by atoms with E-state index < -0.39 is 11.9 Å². The van der Waals surface area contributed by atoms with Gasteiger partial charge in [0, 0.05) is 18.3 Å². The van der Waals surface area contributed by atoms with Gasteiger partial charge >= 0.3 is 11.9 Å². The van der Waals surface area contributed by atoms with Crippen molar-refractivity contribution < 1.29 is 24.2 Å². The van der Waals surface area contributed by atoms with Crippen LogP contribution in [0.3, 0.4) is 0 Å². The number of rotatable bonds is 7. The first kappa shape index (κ1) is 23.3. The highest BCUT2D eigenvalue weighted by atomic mass is 32.1. The molecule has 1 fully saturated rings. The van der Waals surface area contributed by atoms with Crippen LogP contribution in [0, 0.1) is 0 Å². The number of hydrogen-bond donors (Lipinski definition) is 3. The second kappa shape index (κ2) is 9.63. The van der Waals surface area contributed by atoms with Gasteiger partial charge in [0.05, 0.1) is 22.9 Å². The summed E-state index contributed by atoms with van der Waals surface area (Å²) in [7, 11) is 0. The van der Waals surface area contributed by atoms with Gasteiger partial charge < -0.3 is 24.8 Å². The normalized spacial score (nSPS) is 17.1. The number of aromatic carboxylic acids is 2. The summed E-state index contributed by atoms with van der Waals surface area (Å²) < 4.78 is 6.24. The molecule has 8 nitrogen and oxygen atoms in total. The van der Waals surface area contributed by atoms with Gasteiger partial charge in [0.2, 0.25) is 0 Å². The highest BCUT2D eigenvalue weighted by molar-refractivity contribution is 7.80. The molecule has 5 rings (SSSR count). The number of carboxylic acids is 2. The fourth-order valence-corrected chi connectivity index (χ4v) is 4.65. The van der Waals surface area contributed by atoms with Crippen LogP contribution >= 0.6 is 12.2 Å². The molecule has 3 N–H and O–H groups in total. The molecule has 0 spiro atoms. The monoisotopic (exact) mass is 499 g/mol. The maximum Gasteiger partial charge on any atom is 0.335 e. The molecule has 1 saturated heterocycles. The molecule has 0 amide bonds. The third kappa shape index (κ3) is 4.56. The van der Waals surface area contributed by atoms with Gasteiger partial charge in [-0.1, -0.05) is 36.4 Å². The molecule has 4 aromatic rings. The number of nitrogens with one attached hydrogen (secondary N) is 1. The number of pyridine rings is 1. The Labute approximate surface area is 211 Å². The molecule has 2 aromatic carbocycles. The Hall–Kier alpha value is -4.50. The molecule has 2 atom stereocenters. The van der Waals surface area contributed by atoms with E-state index in [1.54, 1.807) is 18.3 Å². The van der Waals surface area contributed by atoms with Gasteiger partial charge in [0.25, 0.3) is 0 Å². The number of furan rings is 1. The summed E-state index contributed by atoms with van der Waals surface area (Å²) >= 11 is 5.70. The molecule has 1 aliphatic rings. The predicted octanol–water partition coefficient (Wildman–Crippen LogP) is 4.91. The van der Waals surface area contributed by atoms with Crippen LogP contribution in [0.5, 0.6) is 0 Å². The average molecular weight is 500 g/mol. The van der Waals surface area contributed by atoms with E-state index in [1.165, 1.54) is 12.1 Å². The van der Waals surface area contributed by atoms with Crippen LogP contribution < -0.4 is 5.32 Å². The van der Waals surface area contributed by atoms with E-state index in [2.05, 4.69) is 10.3 Å². The van der Waals surface area contributed by atoms with Crippen molar-refractivity contribution in [1.82, 2.24) is 15.2 Å². The lowest BCUT2D eigenvalue weighted by molar-refractivity contribution is 0.0696. The third-order valence-electron chi connectivity index (χ3n) is 6.02. The van der Waals surface area contributed by atoms with Crippen LogP contribution in [-0.4, -0.2) is 37.1 Å². The third-order valence-corrected chi connectivity index (χ3v) is 6.38. The summed E-state index contributed by atoms with van der Waals surface area (Å²) in [5.41, 5.74) is 1.95. The van der Waals surface area contributed by atoms with E-state index >= 15 is 0 Å². The first-order valence-electron chi connectivity index (χ1n) is 11.1. The predicted molar refractivity (Wildman–Crippen MR) is 136 cm³/mol. The smallest absolute Gasteiger partial charge is 0.335 e. The molecule has 9 heteroatoms. The highest BCUT2D eigenvalue weighted by Gasteiger charge is 2.41. The molecule has 1 aliphatic heterocycles. The molecule has 2 unspecified atom stereocenters. The summed E-state index contributed by atoms with van der Waals surface area (Å²) in [5.74, 6) is -1.50. The van der Waals surface area contributed by atoms with Crippen molar-refractivity contribution in [1.29, 1.82) is 0 Å². The van der Waals surface area contributed by atoms with Gasteiger partial charge in [0.1, 0.15) is 17.6 Å². The molecular weight excluding hydrogens is 478 g/mol. The zero-order valence-corrected chi connectivity index (χ0v) is 19.7. The average Bonchev–Trinajstić information content (AvgIpc) is 3.50. The van der Waals surface area contributed by atoms with Gasteiger partial charge in [-0.15, -0.1) is 0 Å². The quantitative estimate of drug-likeness (QED) is 0.305. The Kier molecular flexibility index (Phi) is 6.22. The molecular formula is C27H21N3O5S. The fraction of sp³-hybridized carbons (Fsp3) is 0.111. The molecule has 180 valence electrons. The number of carboxylic acid groups (broad SMARTS) is 2. The van der Waals surface area contributed by atoms with E-state index in [0.29, 0.717) is 28.7 Å². The lowest BCUT2D eigenvalue weighted by Crippen LogP contribution is -2.29. The summed E-state index contributed by atoms with van der Waals surface area (Å²) in [6, 6.07) is 22.4. The van der Waals surface area contributed by atoms with E-state index in [4.69, 9.17) is 16.6 Å². The van der Waals surface area contributed by atoms with Crippen molar-refractivity contribution in [3.63, 3.8) is 0 Å². The minimum absolute atomic E-state index is 0.136. The van der Waals surface area contributed by atoms with Crippen LogP contribution in [0.15, 0.2) is 89.5 Å². The SMILES string of the molecule is O=C(O)c1cc(C(=O)O)cc(-c2ccc(C3C(c4ccccn4)NC(=S)N3Cc3ccccc3)o2)c1. The van der Waals surface area contributed by atoms with Gasteiger partial charge in [-0.2, -0.15) is 0 Å². The number of thiocarbonyl (C=S) groups is 1. The fourth-order valence-electron chi connectivity index (χ4n) is 4.35. The van der Waals surface area contributed by atoms with Crippen molar-refractivity contribution in [2.75, 3.05) is 0 Å². The standard InChI is InChI=1S/C27H21N3O5S/c31-25(32)18-12-17(13-19(14-18)26(33)34)21-9-10-22(35-21)24-23(20-8-4-5-11-28-20)29-27(36)30(24)15-16-6-2-1-3-7-16/h1-14,23-24H,15H2,(H,29,36)(H,31,32)(H,33,34). The molecule has 2 aromatic heterocycles. The summed E-state index contributed by atoms with van der Waals surface area (Å²) in [6.45, 7) is 0.536. The zero-order chi connectivity index (χ0) is 25.2. The van der Waals surface area contributed by atoms with Crippen LogP contribution in [0.4, 0.5) is 0 Å². The molecule has 0 aliphatic carbocycles. The second-order valence-corrected chi connectivity index (χ2v) is 8.74. The minimum atomic E-state index is -1.22. The van der Waals surface area contributed by atoms with Crippen LogP contribution in [-0.2, 0) is 6.54 Å². The van der Waals surface area contributed by atoms with Crippen molar-refractivity contribution in [3.05, 3.63) is 113 Å². The first-order valence-corrected chi connectivity index (χ1v) is 11.6. The summed E-state index contributed by atoms with van der Waals surface area (Å²) in [6.07, 6.45) is 1.72. The Morgan fingerprint density at radius 2 is 1.64 bits per heavy atom. The van der Waals surface area contributed by atoms with Crippen molar-refractivity contribution in [3.8, 4) is 11.3 Å². The summed E-state index contributed by atoms with van der Waals surface area (Å²) in [5, 5.41) is 22.8. The van der Waals surface area contributed by atoms with Crippen LogP contribution in [0.1, 0.15) is 49.8 Å². The van der Waals surface area contributed by atoms with Crippen molar-refractivity contribution in [2.45, 2.75) is 18.6 Å². The Bertz CT molecular complexity index is 1410. The zero-order valence-electron chi connectivity index (χ0n) is 18.9. The second-order valence-electron chi connectivity index (χ2n) is 8.35. The largest absolute Gasteiger partial charge is 0.478 e. The highest BCUT2D eigenvalue weighted by Crippen LogP contribution is 2.41.